The number of benzene rings is 1. The summed E-state index contributed by atoms with van der Waals surface area (Å²) in [7, 11) is -1.39. The van der Waals surface area contributed by atoms with Crippen LogP contribution in [0.5, 0.6) is 0 Å². The molecular formula is C20H24N4O4S. The van der Waals surface area contributed by atoms with Crippen molar-refractivity contribution in [3.05, 3.63) is 47.8 Å². The zero-order chi connectivity index (χ0) is 20.6. The third-order valence-electron chi connectivity index (χ3n) is 5.25. The molecule has 1 aliphatic heterocycles. The third kappa shape index (κ3) is 3.92. The number of ether oxygens (including phenoxy) is 1. The molecule has 0 saturated carbocycles. The fourth-order valence-electron chi connectivity index (χ4n) is 3.85. The van der Waals surface area contributed by atoms with E-state index in [1.807, 2.05) is 35.9 Å². The number of carbonyl (C=O) groups is 1. The topological polar surface area (TPSA) is 95.2 Å². The highest BCUT2D eigenvalue weighted by Crippen LogP contribution is 2.28. The second-order valence-corrected chi connectivity index (χ2v) is 9.60. The van der Waals surface area contributed by atoms with E-state index in [1.54, 1.807) is 23.9 Å². The number of nitrogens with one attached hydrogen (secondary N) is 1. The van der Waals surface area contributed by atoms with Crippen LogP contribution >= 0.6 is 0 Å². The predicted molar refractivity (Wildman–Crippen MR) is 111 cm³/mol. The van der Waals surface area contributed by atoms with Gasteiger partial charge in [-0.05, 0) is 31.5 Å². The number of methoxy groups -OCH3 is 1. The van der Waals surface area contributed by atoms with Crippen LogP contribution in [0.2, 0.25) is 0 Å². The Morgan fingerprint density at radius 3 is 2.90 bits per heavy atom. The fourth-order valence-corrected chi connectivity index (χ4v) is 5.54. The van der Waals surface area contributed by atoms with Gasteiger partial charge in [0, 0.05) is 42.4 Å². The molecule has 0 spiro atoms. The van der Waals surface area contributed by atoms with Crippen LogP contribution in [-0.2, 0) is 21.1 Å². The molecule has 0 unspecified atom stereocenters. The van der Waals surface area contributed by atoms with Gasteiger partial charge in [0.25, 0.3) is 5.91 Å². The molecule has 1 amide bonds. The summed E-state index contributed by atoms with van der Waals surface area (Å²) < 4.78 is 32.6. The fraction of sp³-hybridized carbons (Fsp3) is 0.400. The number of aryl methyl sites for hydroxylation is 1. The first-order valence-electron chi connectivity index (χ1n) is 9.53. The number of nitrogens with zero attached hydrogens (tertiary/aromatic N) is 3. The van der Waals surface area contributed by atoms with Crippen LogP contribution in [0.4, 0.5) is 5.82 Å². The number of amides is 1. The third-order valence-corrected chi connectivity index (χ3v) is 7.00. The summed E-state index contributed by atoms with van der Waals surface area (Å²) in [6, 6.07) is 9.05. The average molecular weight is 417 g/mol. The number of sulfone groups is 1. The molecule has 1 fully saturated rings. The van der Waals surface area contributed by atoms with E-state index >= 15 is 0 Å². The van der Waals surface area contributed by atoms with Gasteiger partial charge in [0.05, 0.1) is 29.8 Å². The van der Waals surface area contributed by atoms with Gasteiger partial charge in [-0.3, -0.25) is 4.79 Å². The number of anilines is 1. The highest BCUT2D eigenvalue weighted by Gasteiger charge is 2.31. The highest BCUT2D eigenvalue weighted by molar-refractivity contribution is 7.91. The molecule has 154 valence electrons. The number of carbonyl (C=O) groups excluding carboxylic acids is 1. The molecule has 1 aromatic carbocycles. The van der Waals surface area contributed by atoms with Crippen molar-refractivity contribution >= 4 is 32.5 Å². The van der Waals surface area contributed by atoms with Crippen molar-refractivity contribution in [2.75, 3.05) is 30.5 Å². The van der Waals surface area contributed by atoms with E-state index in [-0.39, 0.29) is 23.5 Å². The molecule has 1 atom stereocenters. The van der Waals surface area contributed by atoms with E-state index in [4.69, 9.17) is 4.74 Å². The molecule has 1 aliphatic rings. The second-order valence-electron chi connectivity index (χ2n) is 7.37. The molecule has 0 bridgehead atoms. The first kappa shape index (κ1) is 19.7. The van der Waals surface area contributed by atoms with Crippen LogP contribution < -0.4 is 5.32 Å². The molecule has 1 N–H and O–H groups in total. The van der Waals surface area contributed by atoms with E-state index in [2.05, 4.69) is 10.4 Å². The molecule has 0 radical (unpaired) electrons. The Morgan fingerprint density at radius 1 is 1.34 bits per heavy atom. The van der Waals surface area contributed by atoms with Crippen LogP contribution in [0.25, 0.3) is 10.9 Å². The Labute approximate surface area is 169 Å². The predicted octanol–water partition coefficient (Wildman–Crippen LogP) is 2.40. The summed E-state index contributed by atoms with van der Waals surface area (Å²) in [5, 5.41) is 8.21. The normalized spacial score (nSPS) is 18.3. The lowest BCUT2D eigenvalue weighted by molar-refractivity contribution is 0.102. The van der Waals surface area contributed by atoms with Crippen LogP contribution in [0, 0.1) is 6.92 Å². The van der Waals surface area contributed by atoms with Gasteiger partial charge in [-0.15, -0.1) is 0 Å². The summed E-state index contributed by atoms with van der Waals surface area (Å²) in [6.07, 6.45) is 2.45. The Bertz CT molecular complexity index is 1160. The number of hydrogen-bond acceptors (Lipinski definition) is 5. The lowest BCUT2D eigenvalue weighted by Crippen LogP contribution is -2.19. The van der Waals surface area contributed by atoms with Gasteiger partial charge in [-0.2, -0.15) is 5.10 Å². The number of rotatable bonds is 6. The minimum absolute atomic E-state index is 0.0505. The molecule has 0 aliphatic carbocycles. The van der Waals surface area contributed by atoms with E-state index in [9.17, 15) is 13.2 Å². The van der Waals surface area contributed by atoms with Crippen LogP contribution in [0.1, 0.15) is 28.5 Å². The van der Waals surface area contributed by atoms with Crippen molar-refractivity contribution in [3.63, 3.8) is 0 Å². The Balaban J connectivity index is 1.62. The van der Waals surface area contributed by atoms with Crippen molar-refractivity contribution in [2.24, 2.45) is 0 Å². The SMILES string of the molecule is COCCn1ccc2c(C(=O)Nc3cc(C)nn3[C@H]3CCS(=O)(=O)C3)cccc21. The molecule has 3 aromatic rings. The zero-order valence-electron chi connectivity index (χ0n) is 16.5. The lowest BCUT2D eigenvalue weighted by atomic mass is 10.1. The van der Waals surface area contributed by atoms with Crippen molar-refractivity contribution < 1.29 is 17.9 Å². The van der Waals surface area contributed by atoms with E-state index in [1.165, 1.54) is 0 Å². The molecule has 3 heterocycles. The maximum atomic E-state index is 13.1. The summed E-state index contributed by atoms with van der Waals surface area (Å²) in [4.78, 5) is 13.1. The van der Waals surface area contributed by atoms with Crippen molar-refractivity contribution in [1.82, 2.24) is 14.3 Å². The Hall–Kier alpha value is -2.65. The quantitative estimate of drug-likeness (QED) is 0.666. The van der Waals surface area contributed by atoms with Crippen molar-refractivity contribution in [1.29, 1.82) is 0 Å². The van der Waals surface area contributed by atoms with Gasteiger partial charge >= 0.3 is 0 Å². The molecule has 8 nitrogen and oxygen atoms in total. The van der Waals surface area contributed by atoms with Crippen LogP contribution in [0.15, 0.2) is 36.5 Å². The maximum absolute atomic E-state index is 13.1. The standard InChI is InChI=1S/C20H24N4O4S/c1-14-12-19(24(22-14)15-7-11-29(26,27)13-15)21-20(25)17-4-3-5-18-16(17)6-8-23(18)9-10-28-2/h3-6,8,12,15H,7,9-11,13H2,1-2H3,(H,21,25)/t15-/m0/s1. The monoisotopic (exact) mass is 416 g/mol. The Morgan fingerprint density at radius 2 is 2.17 bits per heavy atom. The van der Waals surface area contributed by atoms with Gasteiger partial charge < -0.3 is 14.6 Å². The lowest BCUT2D eigenvalue weighted by Gasteiger charge is -2.14. The Kier molecular flexibility index (Phi) is 5.18. The van der Waals surface area contributed by atoms with Gasteiger partial charge in [0.2, 0.25) is 0 Å². The van der Waals surface area contributed by atoms with E-state index in [0.717, 1.165) is 16.6 Å². The van der Waals surface area contributed by atoms with Gasteiger partial charge in [0.1, 0.15) is 5.82 Å². The highest BCUT2D eigenvalue weighted by atomic mass is 32.2. The van der Waals surface area contributed by atoms with Gasteiger partial charge in [-0.25, -0.2) is 13.1 Å². The van der Waals surface area contributed by atoms with Crippen LogP contribution in [0.3, 0.4) is 0 Å². The summed E-state index contributed by atoms with van der Waals surface area (Å²) in [5.41, 5.74) is 2.25. The first-order valence-corrected chi connectivity index (χ1v) is 11.3. The van der Waals surface area contributed by atoms with Gasteiger partial charge in [-0.1, -0.05) is 6.07 Å². The van der Waals surface area contributed by atoms with E-state index < -0.39 is 9.84 Å². The average Bonchev–Trinajstić information content (AvgIpc) is 3.36. The molecule has 1 saturated heterocycles. The molecular weight excluding hydrogens is 392 g/mol. The maximum Gasteiger partial charge on any atom is 0.257 e. The molecule has 4 rings (SSSR count). The summed E-state index contributed by atoms with van der Waals surface area (Å²) in [6.45, 7) is 3.11. The number of hydrogen-bond donors (Lipinski definition) is 1. The zero-order valence-corrected chi connectivity index (χ0v) is 17.3. The van der Waals surface area contributed by atoms with E-state index in [0.29, 0.717) is 31.0 Å². The smallest absolute Gasteiger partial charge is 0.257 e. The molecule has 9 heteroatoms. The number of aromatic nitrogens is 3. The largest absolute Gasteiger partial charge is 0.383 e. The minimum Gasteiger partial charge on any atom is -0.383 e. The molecule has 29 heavy (non-hydrogen) atoms. The second kappa shape index (κ2) is 7.64. The van der Waals surface area contributed by atoms with Crippen LogP contribution in [-0.4, -0.2) is 53.9 Å². The van der Waals surface area contributed by atoms with Crippen molar-refractivity contribution in [3.8, 4) is 0 Å². The van der Waals surface area contributed by atoms with Gasteiger partial charge in [0.15, 0.2) is 9.84 Å². The number of fused-ring (bicyclic) bond motifs is 1. The minimum atomic E-state index is -3.05. The summed E-state index contributed by atoms with van der Waals surface area (Å²) >= 11 is 0. The molecule has 2 aromatic heterocycles. The summed E-state index contributed by atoms with van der Waals surface area (Å²) in [5.74, 6) is 0.472. The first-order chi connectivity index (χ1) is 13.9. The van der Waals surface area contributed by atoms with Crippen molar-refractivity contribution in [2.45, 2.75) is 25.9 Å².